The van der Waals surface area contributed by atoms with Gasteiger partial charge >= 0.3 is 0 Å². The van der Waals surface area contributed by atoms with Crippen LogP contribution in [-0.2, 0) is 0 Å². The molecule has 6 rings (SSSR count). The standard InChI is InChI=1S/C20H14N4O4/c1-3-16-18(28-11-27-16)9-12(1)14-5-6-21-20-22-19(23-24(14)20)13-2-4-15-17(10-13)26-8-7-25-15/h1-6,9-10H,7-8,11H2. The molecule has 0 fully saturated rings. The number of ether oxygens (including phenoxy) is 4. The minimum atomic E-state index is 0.238. The largest absolute Gasteiger partial charge is 0.486 e. The topological polar surface area (TPSA) is 80.0 Å². The normalized spacial score (nSPS) is 14.4. The zero-order valence-electron chi connectivity index (χ0n) is 14.7. The molecule has 2 aromatic carbocycles. The third-order valence-corrected chi connectivity index (χ3v) is 4.71. The summed E-state index contributed by atoms with van der Waals surface area (Å²) >= 11 is 0. The first-order valence-corrected chi connectivity index (χ1v) is 8.87. The molecule has 2 aromatic heterocycles. The lowest BCUT2D eigenvalue weighted by Crippen LogP contribution is -2.15. The fourth-order valence-electron chi connectivity index (χ4n) is 3.37. The molecule has 0 aliphatic carbocycles. The van der Waals surface area contributed by atoms with Crippen LogP contribution in [0.15, 0.2) is 48.7 Å². The van der Waals surface area contributed by atoms with Crippen LogP contribution in [0.5, 0.6) is 23.0 Å². The first-order chi connectivity index (χ1) is 13.8. The third-order valence-electron chi connectivity index (χ3n) is 4.71. The predicted molar refractivity (Wildman–Crippen MR) is 98.8 cm³/mol. The van der Waals surface area contributed by atoms with E-state index < -0.39 is 0 Å². The Morgan fingerprint density at radius 3 is 2.39 bits per heavy atom. The van der Waals surface area contributed by atoms with E-state index in [-0.39, 0.29) is 6.79 Å². The minimum Gasteiger partial charge on any atom is -0.486 e. The summed E-state index contributed by atoms with van der Waals surface area (Å²) in [5, 5.41) is 4.68. The molecule has 0 bridgehead atoms. The minimum absolute atomic E-state index is 0.238. The fraction of sp³-hybridized carbons (Fsp3) is 0.150. The van der Waals surface area contributed by atoms with Crippen molar-refractivity contribution in [2.75, 3.05) is 20.0 Å². The first kappa shape index (κ1) is 15.3. The maximum Gasteiger partial charge on any atom is 0.253 e. The van der Waals surface area contributed by atoms with Gasteiger partial charge in [-0.15, -0.1) is 5.10 Å². The van der Waals surface area contributed by atoms with Crippen LogP contribution in [0, 0.1) is 0 Å². The molecular weight excluding hydrogens is 360 g/mol. The molecule has 4 aromatic rings. The molecule has 0 amide bonds. The van der Waals surface area contributed by atoms with Gasteiger partial charge in [0.1, 0.15) is 13.2 Å². The van der Waals surface area contributed by atoms with Crippen molar-refractivity contribution in [3.63, 3.8) is 0 Å². The summed E-state index contributed by atoms with van der Waals surface area (Å²) in [7, 11) is 0. The molecule has 28 heavy (non-hydrogen) atoms. The van der Waals surface area contributed by atoms with E-state index in [1.54, 1.807) is 10.7 Å². The Bertz CT molecular complexity index is 1220. The highest BCUT2D eigenvalue weighted by Crippen LogP contribution is 2.36. The van der Waals surface area contributed by atoms with Crippen molar-refractivity contribution < 1.29 is 18.9 Å². The van der Waals surface area contributed by atoms with Crippen molar-refractivity contribution >= 4 is 5.78 Å². The van der Waals surface area contributed by atoms with Gasteiger partial charge in [0.2, 0.25) is 6.79 Å². The number of hydrogen-bond donors (Lipinski definition) is 0. The summed E-state index contributed by atoms with van der Waals surface area (Å²) < 4.78 is 23.9. The summed E-state index contributed by atoms with van der Waals surface area (Å²) in [6.45, 7) is 1.33. The van der Waals surface area contributed by atoms with E-state index in [0.717, 1.165) is 34.1 Å². The number of aromatic nitrogens is 4. The Morgan fingerprint density at radius 1 is 0.750 bits per heavy atom. The lowest BCUT2D eigenvalue weighted by atomic mass is 10.1. The maximum absolute atomic E-state index is 5.67. The van der Waals surface area contributed by atoms with E-state index >= 15 is 0 Å². The van der Waals surface area contributed by atoms with Gasteiger partial charge in [0, 0.05) is 17.3 Å². The first-order valence-electron chi connectivity index (χ1n) is 8.87. The van der Waals surface area contributed by atoms with Gasteiger partial charge < -0.3 is 18.9 Å². The van der Waals surface area contributed by atoms with Gasteiger partial charge in [-0.05, 0) is 42.5 Å². The molecule has 0 saturated heterocycles. The second kappa shape index (κ2) is 5.85. The van der Waals surface area contributed by atoms with Crippen molar-refractivity contribution in [2.45, 2.75) is 0 Å². The molecule has 8 nitrogen and oxygen atoms in total. The highest BCUT2D eigenvalue weighted by atomic mass is 16.7. The van der Waals surface area contributed by atoms with Gasteiger partial charge in [0.25, 0.3) is 5.78 Å². The number of benzene rings is 2. The van der Waals surface area contributed by atoms with Crippen LogP contribution >= 0.6 is 0 Å². The van der Waals surface area contributed by atoms with Crippen molar-refractivity contribution in [3.8, 4) is 45.6 Å². The van der Waals surface area contributed by atoms with Crippen molar-refractivity contribution in [1.29, 1.82) is 0 Å². The molecule has 4 heterocycles. The zero-order chi connectivity index (χ0) is 18.5. The highest BCUT2D eigenvalue weighted by Gasteiger charge is 2.18. The smallest absolute Gasteiger partial charge is 0.253 e. The van der Waals surface area contributed by atoms with E-state index in [9.17, 15) is 0 Å². The quantitative estimate of drug-likeness (QED) is 0.534. The van der Waals surface area contributed by atoms with Gasteiger partial charge in [-0.2, -0.15) is 9.50 Å². The Kier molecular flexibility index (Phi) is 3.19. The van der Waals surface area contributed by atoms with Crippen molar-refractivity contribution in [1.82, 2.24) is 19.6 Å². The fourth-order valence-corrected chi connectivity index (χ4v) is 3.37. The molecule has 8 heteroatoms. The van der Waals surface area contributed by atoms with Crippen LogP contribution in [0.2, 0.25) is 0 Å². The molecular formula is C20H14N4O4. The van der Waals surface area contributed by atoms with Crippen LogP contribution in [-0.4, -0.2) is 39.6 Å². The third kappa shape index (κ3) is 2.34. The van der Waals surface area contributed by atoms with E-state index in [1.807, 2.05) is 42.5 Å². The van der Waals surface area contributed by atoms with Gasteiger partial charge in [-0.3, -0.25) is 0 Å². The van der Waals surface area contributed by atoms with Crippen molar-refractivity contribution in [3.05, 3.63) is 48.7 Å². The van der Waals surface area contributed by atoms with E-state index in [1.165, 1.54) is 0 Å². The van der Waals surface area contributed by atoms with Gasteiger partial charge in [0.15, 0.2) is 28.8 Å². The number of fused-ring (bicyclic) bond motifs is 3. The summed E-state index contributed by atoms with van der Waals surface area (Å²) in [4.78, 5) is 8.93. The second-order valence-electron chi connectivity index (χ2n) is 6.40. The van der Waals surface area contributed by atoms with Crippen molar-refractivity contribution in [2.24, 2.45) is 0 Å². The molecule has 0 saturated carbocycles. The second-order valence-corrected chi connectivity index (χ2v) is 6.40. The van der Waals surface area contributed by atoms with Crippen LogP contribution in [0.1, 0.15) is 0 Å². The lowest BCUT2D eigenvalue weighted by molar-refractivity contribution is 0.171. The summed E-state index contributed by atoms with van der Waals surface area (Å²) in [5.74, 6) is 3.97. The van der Waals surface area contributed by atoms with E-state index in [2.05, 4.69) is 15.1 Å². The summed E-state index contributed by atoms with van der Waals surface area (Å²) in [5.41, 5.74) is 2.64. The Balaban J connectivity index is 1.46. The van der Waals surface area contributed by atoms with E-state index in [4.69, 9.17) is 18.9 Å². The van der Waals surface area contributed by atoms with E-state index in [0.29, 0.717) is 30.6 Å². The molecule has 0 N–H and O–H groups in total. The molecule has 0 spiro atoms. The summed E-state index contributed by atoms with van der Waals surface area (Å²) in [6.07, 6.45) is 1.72. The Hall–Kier alpha value is -3.81. The average molecular weight is 374 g/mol. The van der Waals surface area contributed by atoms with Gasteiger partial charge in [0.05, 0.1) is 5.69 Å². The molecule has 2 aliphatic heterocycles. The molecule has 138 valence electrons. The predicted octanol–water partition coefficient (Wildman–Crippen LogP) is 2.96. The molecule has 0 radical (unpaired) electrons. The van der Waals surface area contributed by atoms with Crippen LogP contribution in [0.3, 0.4) is 0 Å². The van der Waals surface area contributed by atoms with Crippen LogP contribution < -0.4 is 18.9 Å². The molecule has 0 atom stereocenters. The van der Waals surface area contributed by atoms with Gasteiger partial charge in [-0.25, -0.2) is 4.98 Å². The van der Waals surface area contributed by atoms with Gasteiger partial charge in [-0.1, -0.05) is 0 Å². The summed E-state index contributed by atoms with van der Waals surface area (Å²) in [6, 6.07) is 13.4. The number of rotatable bonds is 2. The van der Waals surface area contributed by atoms with Crippen LogP contribution in [0.25, 0.3) is 28.4 Å². The maximum atomic E-state index is 5.67. The number of hydrogen-bond acceptors (Lipinski definition) is 7. The Morgan fingerprint density at radius 2 is 1.46 bits per heavy atom. The highest BCUT2D eigenvalue weighted by molar-refractivity contribution is 5.68. The lowest BCUT2D eigenvalue weighted by Gasteiger charge is -2.18. The SMILES string of the molecule is c1cc(-c2ccc3c(c2)OCO3)n2nc(-c3ccc4c(c3)OCCO4)nc2n1. The monoisotopic (exact) mass is 374 g/mol. The van der Waals surface area contributed by atoms with Crippen LogP contribution in [0.4, 0.5) is 0 Å². The Labute approximate surface area is 159 Å². The number of nitrogens with zero attached hydrogens (tertiary/aromatic N) is 4. The molecule has 0 unspecified atom stereocenters. The average Bonchev–Trinajstić information content (AvgIpc) is 3.39. The zero-order valence-corrected chi connectivity index (χ0v) is 14.7. The molecule has 2 aliphatic rings.